The summed E-state index contributed by atoms with van der Waals surface area (Å²) in [6.07, 6.45) is 51.8. The summed E-state index contributed by atoms with van der Waals surface area (Å²) < 4.78 is 0. The zero-order chi connectivity index (χ0) is 46.3. The monoisotopic (exact) mass is 887 g/mol. The Morgan fingerprint density at radius 2 is 0.540 bits per heavy atom. The number of ketones is 3. The summed E-state index contributed by atoms with van der Waals surface area (Å²) in [5.74, 6) is -2.15. The highest BCUT2D eigenvalue weighted by molar-refractivity contribution is 6.01. The van der Waals surface area contributed by atoms with Gasteiger partial charge < -0.3 is 15.3 Å². The second kappa shape index (κ2) is 46.9. The maximum Gasteiger partial charge on any atom is 0.189 e. The molecular weight excluding hydrogens is 781 g/mol. The molecule has 0 fully saturated rings. The quantitative estimate of drug-likeness (QED) is 0.0414. The first-order valence-electron chi connectivity index (χ1n) is 27.7. The number of carbonyl (C=O) groups excluding carboxylic acids is 3. The molecule has 3 N–H and O–H groups in total. The fourth-order valence-electron chi connectivity index (χ4n) is 8.82. The van der Waals surface area contributed by atoms with Crippen LogP contribution in [-0.4, -0.2) is 50.5 Å². The lowest BCUT2D eigenvalue weighted by Crippen LogP contribution is -2.63. The lowest BCUT2D eigenvalue weighted by Gasteiger charge is -2.34. The van der Waals surface area contributed by atoms with Gasteiger partial charge in [0.15, 0.2) is 35.2 Å². The molecule has 0 radical (unpaired) electrons. The van der Waals surface area contributed by atoms with E-state index in [4.69, 9.17) is 0 Å². The van der Waals surface area contributed by atoms with Crippen molar-refractivity contribution in [3.8, 4) is 0 Å². The number of aliphatic hydroxyl groups is 3. The topological polar surface area (TPSA) is 112 Å². The molecule has 0 aliphatic rings. The summed E-state index contributed by atoms with van der Waals surface area (Å²) >= 11 is 0. The molecule has 0 saturated heterocycles. The zero-order valence-electron chi connectivity index (χ0n) is 42.1. The van der Waals surface area contributed by atoms with Gasteiger partial charge in [0.1, 0.15) is 0 Å². The van der Waals surface area contributed by atoms with Crippen LogP contribution in [0.4, 0.5) is 0 Å². The molecular formula is C57H106O6. The molecule has 0 rings (SSSR count). The van der Waals surface area contributed by atoms with Crippen LogP contribution in [0, 0.1) is 0 Å². The van der Waals surface area contributed by atoms with Crippen molar-refractivity contribution < 1.29 is 29.7 Å². The number of Topliss-reactive ketones (excluding diaryl/α,β-unsaturated/α-hetero) is 3. The Balaban J connectivity index is 4.79. The first-order chi connectivity index (χ1) is 30.8. The Morgan fingerprint density at radius 3 is 0.794 bits per heavy atom. The molecule has 0 saturated carbocycles. The zero-order valence-corrected chi connectivity index (χ0v) is 42.1. The average molecular weight is 887 g/mol. The van der Waals surface area contributed by atoms with Crippen LogP contribution < -0.4 is 0 Å². The number of allylic oxidation sites excluding steroid dienone is 4. The van der Waals surface area contributed by atoms with E-state index in [1.165, 1.54) is 148 Å². The molecule has 63 heavy (non-hydrogen) atoms. The summed E-state index contributed by atoms with van der Waals surface area (Å²) in [5.41, 5.74) is -2.81. The number of unbranched alkanes of at least 4 members (excludes halogenated alkanes) is 36. The molecule has 0 aliphatic heterocycles. The molecule has 3 atom stereocenters. The van der Waals surface area contributed by atoms with Gasteiger partial charge in [0.25, 0.3) is 0 Å². The van der Waals surface area contributed by atoms with Crippen LogP contribution in [-0.2, 0) is 14.4 Å². The average Bonchev–Trinajstić information content (AvgIpc) is 3.29. The molecule has 0 spiro atoms. The van der Waals surface area contributed by atoms with E-state index in [1.807, 2.05) is 0 Å². The van der Waals surface area contributed by atoms with Gasteiger partial charge in [-0.15, -0.1) is 0 Å². The molecule has 370 valence electrons. The van der Waals surface area contributed by atoms with Crippen molar-refractivity contribution in [2.24, 2.45) is 0 Å². The predicted octanol–water partition coefficient (Wildman–Crippen LogP) is 16.5. The molecule has 0 aromatic heterocycles. The van der Waals surface area contributed by atoms with E-state index in [9.17, 15) is 29.7 Å². The standard InChI is InChI=1S/C57H106O6/c1-4-7-10-13-16-19-22-25-28-31-34-37-40-43-46-49-52(58)55(61)57(63,54(60)51-48-45-42-39-36-33-30-27-24-21-18-15-12-9-6-3)56(62)53(59)50-47-44-41-38-35-32-29-26-23-20-17-14-11-8-5-2/h25,27-28,30,55-56,61-63H,4-24,26,29,31-51H2,1-3H3. The van der Waals surface area contributed by atoms with Crippen molar-refractivity contribution in [2.75, 3.05) is 0 Å². The normalized spacial score (nSPS) is 13.9. The van der Waals surface area contributed by atoms with Gasteiger partial charge in [0.05, 0.1) is 0 Å². The first-order valence-corrected chi connectivity index (χ1v) is 27.7. The number of rotatable bonds is 51. The highest BCUT2D eigenvalue weighted by Crippen LogP contribution is 2.26. The minimum absolute atomic E-state index is 0.00226. The van der Waals surface area contributed by atoms with E-state index in [0.29, 0.717) is 19.3 Å². The smallest absolute Gasteiger partial charge is 0.189 e. The van der Waals surface area contributed by atoms with E-state index in [0.717, 1.165) is 96.3 Å². The Morgan fingerprint density at radius 1 is 0.333 bits per heavy atom. The largest absolute Gasteiger partial charge is 0.382 e. The minimum Gasteiger partial charge on any atom is -0.382 e. The third-order valence-electron chi connectivity index (χ3n) is 13.3. The van der Waals surface area contributed by atoms with Crippen LogP contribution >= 0.6 is 0 Å². The van der Waals surface area contributed by atoms with Gasteiger partial charge >= 0.3 is 0 Å². The van der Waals surface area contributed by atoms with Crippen LogP contribution in [0.25, 0.3) is 0 Å². The highest BCUT2D eigenvalue weighted by atomic mass is 16.4. The molecule has 6 heteroatoms. The third kappa shape index (κ3) is 36.2. The molecule has 6 nitrogen and oxygen atoms in total. The minimum atomic E-state index is -2.81. The lowest BCUT2D eigenvalue weighted by molar-refractivity contribution is -0.181. The van der Waals surface area contributed by atoms with E-state index in [-0.39, 0.29) is 19.3 Å². The van der Waals surface area contributed by atoms with Gasteiger partial charge in [-0.3, -0.25) is 14.4 Å². The molecule has 0 amide bonds. The molecule has 0 heterocycles. The van der Waals surface area contributed by atoms with Gasteiger partial charge in [-0.1, -0.05) is 238 Å². The summed E-state index contributed by atoms with van der Waals surface area (Å²) in [6, 6.07) is 0. The van der Waals surface area contributed by atoms with Crippen molar-refractivity contribution in [1.29, 1.82) is 0 Å². The Kier molecular flexibility index (Phi) is 45.7. The van der Waals surface area contributed by atoms with Crippen LogP contribution in [0.15, 0.2) is 24.3 Å². The fraction of sp³-hybridized carbons (Fsp3) is 0.877. The number of hydrogen-bond acceptors (Lipinski definition) is 6. The first kappa shape index (κ1) is 61.4. The number of aliphatic hydroxyl groups excluding tert-OH is 2. The van der Waals surface area contributed by atoms with Crippen molar-refractivity contribution in [3.63, 3.8) is 0 Å². The summed E-state index contributed by atoms with van der Waals surface area (Å²) in [6.45, 7) is 6.75. The lowest BCUT2D eigenvalue weighted by atomic mass is 9.78. The molecule has 0 bridgehead atoms. The summed E-state index contributed by atoms with van der Waals surface area (Å²) in [4.78, 5) is 40.2. The van der Waals surface area contributed by atoms with Gasteiger partial charge in [0, 0.05) is 19.3 Å². The molecule has 0 aromatic rings. The van der Waals surface area contributed by atoms with E-state index < -0.39 is 35.2 Å². The SMILES string of the molecule is CCCCCCCCC=CCCCCCCCC(=O)C(O)C(O)(C(=O)CCCCCCCC=CCCCCCCCC)C(O)C(=O)CCCCCCCCCCCCCCCCC. The second-order valence-electron chi connectivity index (χ2n) is 19.4. The Bertz CT molecular complexity index is 1080. The van der Waals surface area contributed by atoms with Crippen LogP contribution in [0.5, 0.6) is 0 Å². The van der Waals surface area contributed by atoms with E-state index >= 15 is 0 Å². The van der Waals surface area contributed by atoms with Crippen molar-refractivity contribution >= 4 is 17.3 Å². The van der Waals surface area contributed by atoms with Gasteiger partial charge in [-0.25, -0.2) is 0 Å². The van der Waals surface area contributed by atoms with Crippen molar-refractivity contribution in [1.82, 2.24) is 0 Å². The number of carbonyl (C=O) groups is 3. The maximum atomic E-state index is 13.6. The van der Waals surface area contributed by atoms with E-state index in [1.54, 1.807) is 0 Å². The van der Waals surface area contributed by atoms with Crippen molar-refractivity contribution in [3.05, 3.63) is 24.3 Å². The van der Waals surface area contributed by atoms with Crippen molar-refractivity contribution in [2.45, 2.75) is 321 Å². The summed E-state index contributed by atoms with van der Waals surface area (Å²) in [5, 5.41) is 34.2. The van der Waals surface area contributed by atoms with Crippen LogP contribution in [0.1, 0.15) is 303 Å². The third-order valence-corrected chi connectivity index (χ3v) is 13.3. The van der Waals surface area contributed by atoms with Gasteiger partial charge in [-0.05, 0) is 70.6 Å². The molecule has 0 aromatic carbocycles. The maximum absolute atomic E-state index is 13.6. The van der Waals surface area contributed by atoms with Crippen LogP contribution in [0.2, 0.25) is 0 Å². The van der Waals surface area contributed by atoms with Gasteiger partial charge in [0.2, 0.25) is 0 Å². The Hall–Kier alpha value is -1.63. The Labute approximate surface area is 391 Å². The fourth-order valence-corrected chi connectivity index (χ4v) is 8.82. The van der Waals surface area contributed by atoms with Gasteiger partial charge in [-0.2, -0.15) is 0 Å². The highest BCUT2D eigenvalue weighted by Gasteiger charge is 2.53. The second-order valence-corrected chi connectivity index (χ2v) is 19.4. The number of hydrogen-bond donors (Lipinski definition) is 3. The molecule has 3 unspecified atom stereocenters. The predicted molar refractivity (Wildman–Crippen MR) is 270 cm³/mol. The molecule has 0 aliphatic carbocycles. The van der Waals surface area contributed by atoms with Crippen LogP contribution in [0.3, 0.4) is 0 Å². The summed E-state index contributed by atoms with van der Waals surface area (Å²) in [7, 11) is 0. The van der Waals surface area contributed by atoms with E-state index in [2.05, 4.69) is 45.1 Å².